The summed E-state index contributed by atoms with van der Waals surface area (Å²) in [6.07, 6.45) is 6.23. The van der Waals surface area contributed by atoms with Crippen molar-refractivity contribution in [3.05, 3.63) is 41.5 Å². The molecule has 0 atom stereocenters. The minimum absolute atomic E-state index is 0.0443. The predicted molar refractivity (Wildman–Crippen MR) is 85.5 cm³/mol. The van der Waals surface area contributed by atoms with E-state index in [2.05, 4.69) is 46.6 Å². The van der Waals surface area contributed by atoms with E-state index >= 15 is 0 Å². The predicted octanol–water partition coefficient (Wildman–Crippen LogP) is 2.65. The molecular formula is C17H21N3O. The van der Waals surface area contributed by atoms with Crippen LogP contribution in [-0.2, 0) is 11.2 Å². The van der Waals surface area contributed by atoms with Crippen molar-refractivity contribution >= 4 is 17.3 Å². The number of carbonyl (C=O) groups is 1. The first-order valence-corrected chi connectivity index (χ1v) is 7.58. The Labute approximate surface area is 125 Å². The molecule has 2 aliphatic rings. The zero-order valence-corrected chi connectivity index (χ0v) is 12.4. The molecule has 0 spiro atoms. The molecule has 1 amide bonds. The van der Waals surface area contributed by atoms with Crippen LogP contribution in [0.4, 0.5) is 5.69 Å². The fraction of sp³-hybridized carbons (Fsp3) is 0.412. The van der Waals surface area contributed by atoms with Gasteiger partial charge in [0, 0.05) is 12.2 Å². The minimum Gasteiger partial charge on any atom is -0.362 e. The highest BCUT2D eigenvalue weighted by Crippen LogP contribution is 2.26. The fourth-order valence-corrected chi connectivity index (χ4v) is 2.96. The van der Waals surface area contributed by atoms with E-state index in [4.69, 9.17) is 0 Å². The molecule has 0 saturated carbocycles. The quantitative estimate of drug-likeness (QED) is 0.867. The summed E-state index contributed by atoms with van der Waals surface area (Å²) in [4.78, 5) is 14.2. The highest BCUT2D eigenvalue weighted by molar-refractivity contribution is 5.98. The lowest BCUT2D eigenvalue weighted by Crippen LogP contribution is -2.38. The van der Waals surface area contributed by atoms with Crippen LogP contribution in [-0.4, -0.2) is 24.7 Å². The van der Waals surface area contributed by atoms with Gasteiger partial charge in [0.15, 0.2) is 0 Å². The third-order valence-electron chi connectivity index (χ3n) is 4.05. The van der Waals surface area contributed by atoms with Crippen LogP contribution in [0.2, 0.25) is 0 Å². The molecule has 4 nitrogen and oxygen atoms in total. The molecule has 1 aromatic rings. The second-order valence-corrected chi connectivity index (χ2v) is 5.78. The maximum absolute atomic E-state index is 12.1. The van der Waals surface area contributed by atoms with Crippen molar-refractivity contribution in [2.45, 2.75) is 32.6 Å². The molecule has 21 heavy (non-hydrogen) atoms. The molecule has 1 aliphatic carbocycles. The summed E-state index contributed by atoms with van der Waals surface area (Å²) >= 11 is 0. The van der Waals surface area contributed by atoms with Gasteiger partial charge in [-0.3, -0.25) is 4.79 Å². The smallest absolute Gasteiger partial charge is 0.259 e. The first-order valence-electron chi connectivity index (χ1n) is 7.58. The molecule has 0 saturated heterocycles. The molecule has 1 aliphatic heterocycles. The van der Waals surface area contributed by atoms with Gasteiger partial charge in [-0.15, -0.1) is 0 Å². The molecule has 0 fully saturated rings. The summed E-state index contributed by atoms with van der Waals surface area (Å²) in [6.45, 7) is 3.39. The van der Waals surface area contributed by atoms with Crippen LogP contribution in [0.5, 0.6) is 0 Å². The van der Waals surface area contributed by atoms with Gasteiger partial charge in [0.05, 0.1) is 12.3 Å². The lowest BCUT2D eigenvalue weighted by molar-refractivity contribution is -0.119. The Kier molecular flexibility index (Phi) is 4.04. The summed E-state index contributed by atoms with van der Waals surface area (Å²) in [7, 11) is 0. The summed E-state index contributed by atoms with van der Waals surface area (Å²) in [5, 5.41) is 4.21. The Morgan fingerprint density at radius 2 is 2.14 bits per heavy atom. The minimum atomic E-state index is -0.0443. The summed E-state index contributed by atoms with van der Waals surface area (Å²) < 4.78 is 0. The molecular weight excluding hydrogens is 262 g/mol. The van der Waals surface area contributed by atoms with Crippen molar-refractivity contribution in [2.75, 3.05) is 18.0 Å². The number of para-hydroxylation sites is 1. The summed E-state index contributed by atoms with van der Waals surface area (Å²) in [6, 6.07) is 8.33. The molecule has 110 valence electrons. The lowest BCUT2D eigenvalue weighted by Gasteiger charge is -2.30. The van der Waals surface area contributed by atoms with Crippen molar-refractivity contribution in [3.8, 4) is 0 Å². The highest BCUT2D eigenvalue weighted by Gasteiger charge is 2.18. The summed E-state index contributed by atoms with van der Waals surface area (Å²) in [5.41, 5.74) is 7.50. The molecule has 3 rings (SSSR count). The van der Waals surface area contributed by atoms with Gasteiger partial charge in [0.2, 0.25) is 0 Å². The Morgan fingerprint density at radius 1 is 1.29 bits per heavy atom. The van der Waals surface area contributed by atoms with E-state index in [0.717, 1.165) is 37.9 Å². The van der Waals surface area contributed by atoms with E-state index < -0.39 is 0 Å². The molecule has 0 radical (unpaired) electrons. The number of hydrazone groups is 1. The van der Waals surface area contributed by atoms with Gasteiger partial charge < -0.3 is 4.90 Å². The topological polar surface area (TPSA) is 44.7 Å². The van der Waals surface area contributed by atoms with Gasteiger partial charge in [-0.25, -0.2) is 5.43 Å². The molecule has 0 aromatic heterocycles. The van der Waals surface area contributed by atoms with E-state index in [1.165, 1.54) is 16.8 Å². The van der Waals surface area contributed by atoms with E-state index in [0.29, 0.717) is 6.54 Å². The third kappa shape index (κ3) is 3.32. The van der Waals surface area contributed by atoms with Gasteiger partial charge >= 0.3 is 0 Å². The molecule has 1 aromatic carbocycles. The second-order valence-electron chi connectivity index (χ2n) is 5.78. The maximum atomic E-state index is 12.1. The number of allylic oxidation sites excluding steroid dienone is 2. The molecule has 4 heteroatoms. The molecule has 0 bridgehead atoms. The van der Waals surface area contributed by atoms with Gasteiger partial charge in [0.25, 0.3) is 5.91 Å². The highest BCUT2D eigenvalue weighted by atomic mass is 16.2. The zero-order valence-electron chi connectivity index (χ0n) is 12.4. The Morgan fingerprint density at radius 3 is 2.95 bits per heavy atom. The number of carbonyl (C=O) groups excluding carboxylic acids is 1. The largest absolute Gasteiger partial charge is 0.362 e. The Balaban J connectivity index is 1.61. The number of nitrogens with one attached hydrogen (secondary N) is 1. The van der Waals surface area contributed by atoms with Crippen LogP contribution >= 0.6 is 0 Å². The number of benzene rings is 1. The molecule has 1 heterocycles. The standard InChI is InChI=1S/C17H21N3O/c1-13-8-9-15(11-13)18-19-17(21)12-20-10-4-6-14-5-2-3-7-16(14)20/h2-3,5,7,11H,4,6,8-10,12H2,1H3,(H,19,21)/b18-15+. The maximum Gasteiger partial charge on any atom is 0.259 e. The van der Waals surface area contributed by atoms with Crippen LogP contribution in [0.1, 0.15) is 31.7 Å². The van der Waals surface area contributed by atoms with Gasteiger partial charge in [-0.1, -0.05) is 23.8 Å². The number of hydrogen-bond donors (Lipinski definition) is 1. The van der Waals surface area contributed by atoms with Crippen molar-refractivity contribution in [1.82, 2.24) is 5.43 Å². The first-order chi connectivity index (χ1) is 10.2. The number of anilines is 1. The van der Waals surface area contributed by atoms with E-state index in [1.807, 2.05) is 6.07 Å². The number of rotatable bonds is 3. The third-order valence-corrected chi connectivity index (χ3v) is 4.05. The van der Waals surface area contributed by atoms with Gasteiger partial charge in [-0.2, -0.15) is 5.10 Å². The molecule has 1 N–H and O–H groups in total. The van der Waals surface area contributed by atoms with E-state index in [-0.39, 0.29) is 5.91 Å². The summed E-state index contributed by atoms with van der Waals surface area (Å²) in [5.74, 6) is -0.0443. The Bertz CT molecular complexity index is 604. The number of amides is 1. The van der Waals surface area contributed by atoms with Crippen LogP contribution in [0.3, 0.4) is 0 Å². The number of hydrogen-bond acceptors (Lipinski definition) is 3. The average Bonchev–Trinajstić information content (AvgIpc) is 2.91. The normalized spacial score (nSPS) is 19.4. The first kappa shape index (κ1) is 13.9. The van der Waals surface area contributed by atoms with E-state index in [1.54, 1.807) is 0 Å². The lowest BCUT2D eigenvalue weighted by atomic mass is 10.0. The SMILES string of the molecule is CC1=C/C(=N/NC(=O)CN2CCCc3ccccc32)CC1. The van der Waals surface area contributed by atoms with Crippen molar-refractivity contribution in [3.63, 3.8) is 0 Å². The van der Waals surface area contributed by atoms with Crippen molar-refractivity contribution in [1.29, 1.82) is 0 Å². The monoisotopic (exact) mass is 283 g/mol. The fourth-order valence-electron chi connectivity index (χ4n) is 2.96. The second kappa shape index (κ2) is 6.12. The Hall–Kier alpha value is -2.10. The van der Waals surface area contributed by atoms with Gasteiger partial charge in [0.1, 0.15) is 0 Å². The molecule has 0 unspecified atom stereocenters. The van der Waals surface area contributed by atoms with Crippen molar-refractivity contribution < 1.29 is 4.79 Å². The zero-order chi connectivity index (χ0) is 14.7. The van der Waals surface area contributed by atoms with Crippen LogP contribution in [0.15, 0.2) is 41.0 Å². The van der Waals surface area contributed by atoms with Gasteiger partial charge in [-0.05, 0) is 50.3 Å². The number of aryl methyl sites for hydroxylation is 1. The van der Waals surface area contributed by atoms with Crippen LogP contribution < -0.4 is 10.3 Å². The van der Waals surface area contributed by atoms with Crippen molar-refractivity contribution in [2.24, 2.45) is 5.10 Å². The van der Waals surface area contributed by atoms with Crippen LogP contribution in [0, 0.1) is 0 Å². The number of nitrogens with zero attached hydrogens (tertiary/aromatic N) is 2. The van der Waals surface area contributed by atoms with E-state index in [9.17, 15) is 4.79 Å². The van der Waals surface area contributed by atoms with Crippen LogP contribution in [0.25, 0.3) is 0 Å². The average molecular weight is 283 g/mol. The number of fused-ring (bicyclic) bond motifs is 1.